The molecule has 1 aliphatic rings. The van der Waals surface area contributed by atoms with Crippen LogP contribution in [-0.4, -0.2) is 52.8 Å². The smallest absolute Gasteiger partial charge is 0.270 e. The van der Waals surface area contributed by atoms with E-state index in [1.165, 1.54) is 4.40 Å². The van der Waals surface area contributed by atoms with Crippen LogP contribution in [0.4, 0.5) is 0 Å². The molecule has 0 unspecified atom stereocenters. The Morgan fingerprint density at radius 2 is 2.11 bits per heavy atom. The van der Waals surface area contributed by atoms with E-state index in [9.17, 15) is 9.59 Å². The lowest BCUT2D eigenvalue weighted by Gasteiger charge is -2.38. The summed E-state index contributed by atoms with van der Waals surface area (Å²) in [6.07, 6.45) is 5.97. The average molecular weight is 377 g/mol. The fourth-order valence-corrected chi connectivity index (χ4v) is 3.74. The largest absolute Gasteiger partial charge is 0.333 e. The summed E-state index contributed by atoms with van der Waals surface area (Å²) in [6, 6.07) is 7.26. The lowest BCUT2D eigenvalue weighted by atomic mass is 10.1. The van der Waals surface area contributed by atoms with E-state index < -0.39 is 0 Å². The number of aromatic nitrogens is 6. The van der Waals surface area contributed by atoms with Crippen molar-refractivity contribution in [3.8, 4) is 0 Å². The van der Waals surface area contributed by atoms with E-state index in [4.69, 9.17) is 0 Å². The van der Waals surface area contributed by atoms with Crippen molar-refractivity contribution in [1.29, 1.82) is 0 Å². The molecule has 0 atom stereocenters. The van der Waals surface area contributed by atoms with Crippen LogP contribution < -0.4 is 5.56 Å². The van der Waals surface area contributed by atoms with Crippen LogP contribution in [0.15, 0.2) is 47.7 Å². The number of nitrogens with zero attached hydrogens (tertiary/aromatic N) is 7. The van der Waals surface area contributed by atoms with E-state index in [1.807, 2.05) is 17.6 Å². The second-order valence-corrected chi connectivity index (χ2v) is 7.01. The van der Waals surface area contributed by atoms with Gasteiger partial charge in [0, 0.05) is 32.0 Å². The number of pyridine rings is 1. The van der Waals surface area contributed by atoms with Gasteiger partial charge >= 0.3 is 0 Å². The van der Waals surface area contributed by atoms with Crippen molar-refractivity contribution in [2.24, 2.45) is 0 Å². The quantitative estimate of drug-likeness (QED) is 0.535. The zero-order valence-corrected chi connectivity index (χ0v) is 15.4. The molecule has 1 fully saturated rings. The molecule has 0 radical (unpaired) electrons. The maximum absolute atomic E-state index is 13.1. The number of carbonyl (C=O) groups excluding carboxylic acids is 1. The summed E-state index contributed by atoms with van der Waals surface area (Å²) >= 11 is 0. The number of fused-ring (bicyclic) bond motifs is 2. The first-order valence-corrected chi connectivity index (χ1v) is 9.33. The van der Waals surface area contributed by atoms with E-state index in [1.54, 1.807) is 46.4 Å². The summed E-state index contributed by atoms with van der Waals surface area (Å²) in [6.45, 7) is 3.81. The molecule has 1 saturated heterocycles. The number of likely N-dealkylation sites (tertiary alicyclic amines) is 1. The number of hydrogen-bond acceptors (Lipinski definition) is 5. The van der Waals surface area contributed by atoms with Gasteiger partial charge in [0.1, 0.15) is 17.0 Å². The van der Waals surface area contributed by atoms with E-state index in [0.717, 1.165) is 6.42 Å². The average Bonchev–Trinajstić information content (AvgIpc) is 3.30. The molecule has 9 heteroatoms. The van der Waals surface area contributed by atoms with Gasteiger partial charge < -0.3 is 9.47 Å². The Kier molecular flexibility index (Phi) is 3.75. The second kappa shape index (κ2) is 6.29. The van der Waals surface area contributed by atoms with Crippen molar-refractivity contribution in [2.45, 2.75) is 25.9 Å². The Hall–Kier alpha value is -3.49. The van der Waals surface area contributed by atoms with Crippen LogP contribution in [-0.2, 0) is 6.54 Å². The zero-order chi connectivity index (χ0) is 19.3. The van der Waals surface area contributed by atoms with Crippen LogP contribution in [0.1, 0.15) is 29.9 Å². The van der Waals surface area contributed by atoms with Gasteiger partial charge in [0.15, 0.2) is 0 Å². The van der Waals surface area contributed by atoms with Crippen molar-refractivity contribution in [3.05, 3.63) is 58.9 Å². The molecule has 28 heavy (non-hydrogen) atoms. The number of amides is 1. The predicted molar refractivity (Wildman–Crippen MR) is 102 cm³/mol. The third-order valence-electron chi connectivity index (χ3n) is 5.21. The van der Waals surface area contributed by atoms with Gasteiger partial charge in [0.05, 0.1) is 17.6 Å². The molecule has 0 aliphatic carbocycles. The van der Waals surface area contributed by atoms with E-state index in [0.29, 0.717) is 42.0 Å². The molecule has 5 rings (SSSR count). The van der Waals surface area contributed by atoms with Gasteiger partial charge in [-0.15, -0.1) is 5.10 Å². The third kappa shape index (κ3) is 2.43. The molecule has 0 bridgehead atoms. The molecule has 0 N–H and O–H groups in total. The molecule has 142 valence electrons. The van der Waals surface area contributed by atoms with Crippen LogP contribution in [0.5, 0.6) is 0 Å². The summed E-state index contributed by atoms with van der Waals surface area (Å²) in [5, 5.41) is 8.28. The van der Waals surface area contributed by atoms with E-state index >= 15 is 0 Å². The lowest BCUT2D eigenvalue weighted by Crippen LogP contribution is -2.51. The van der Waals surface area contributed by atoms with Crippen LogP contribution in [0, 0.1) is 0 Å². The first-order chi connectivity index (χ1) is 13.7. The van der Waals surface area contributed by atoms with Gasteiger partial charge in [-0.1, -0.05) is 18.2 Å². The minimum atomic E-state index is -0.159. The third-order valence-corrected chi connectivity index (χ3v) is 5.21. The van der Waals surface area contributed by atoms with Crippen molar-refractivity contribution >= 4 is 22.6 Å². The Morgan fingerprint density at radius 1 is 1.25 bits per heavy atom. The van der Waals surface area contributed by atoms with Crippen LogP contribution in [0.2, 0.25) is 0 Å². The summed E-state index contributed by atoms with van der Waals surface area (Å²) in [4.78, 5) is 32.5. The number of rotatable bonds is 4. The highest BCUT2D eigenvalue weighted by Crippen LogP contribution is 2.25. The fourth-order valence-electron chi connectivity index (χ4n) is 3.74. The summed E-state index contributed by atoms with van der Waals surface area (Å²) < 4.78 is 5.15. The van der Waals surface area contributed by atoms with Crippen molar-refractivity contribution in [2.75, 3.05) is 13.1 Å². The van der Waals surface area contributed by atoms with Gasteiger partial charge in [-0.05, 0) is 24.6 Å². The molecule has 9 nitrogen and oxygen atoms in total. The Balaban J connectivity index is 1.56. The van der Waals surface area contributed by atoms with Crippen LogP contribution in [0.3, 0.4) is 0 Å². The summed E-state index contributed by atoms with van der Waals surface area (Å²) in [5.74, 6) is -0.0868. The summed E-state index contributed by atoms with van der Waals surface area (Å²) in [7, 11) is 0. The topological polar surface area (TPSA) is 90.3 Å². The standard InChI is InChI=1S/C19H19N7O2/c1-2-7-24-15(19(28)23-11-13(12-23)26-9-6-20-22-26)10-14-17(24)21-16-5-3-4-8-25(16)18(14)27/h3-6,8-10,13H,2,7,11-12H2,1H3. The Bertz CT molecular complexity index is 1230. The molecule has 0 saturated carbocycles. The zero-order valence-electron chi connectivity index (χ0n) is 15.4. The molecular weight excluding hydrogens is 358 g/mol. The van der Waals surface area contributed by atoms with Gasteiger partial charge in [-0.2, -0.15) is 0 Å². The molecule has 1 amide bonds. The van der Waals surface area contributed by atoms with Crippen molar-refractivity contribution in [3.63, 3.8) is 0 Å². The molecule has 1 aliphatic heterocycles. The van der Waals surface area contributed by atoms with Gasteiger partial charge in [0.25, 0.3) is 11.5 Å². The summed E-state index contributed by atoms with van der Waals surface area (Å²) in [5.41, 5.74) is 1.49. The highest BCUT2D eigenvalue weighted by Gasteiger charge is 2.34. The SMILES string of the molecule is CCCn1c(C(=O)N2CC(n3ccnn3)C2)cc2c(=O)n3ccccc3nc21. The first kappa shape index (κ1) is 16.7. The maximum atomic E-state index is 13.1. The van der Waals surface area contributed by atoms with Gasteiger partial charge in [0.2, 0.25) is 0 Å². The maximum Gasteiger partial charge on any atom is 0.270 e. The van der Waals surface area contributed by atoms with E-state index in [-0.39, 0.29) is 17.5 Å². The Labute approximate surface area is 159 Å². The normalized spacial score (nSPS) is 14.7. The molecular formula is C19H19N7O2. The number of carbonyl (C=O) groups is 1. The monoisotopic (exact) mass is 377 g/mol. The second-order valence-electron chi connectivity index (χ2n) is 7.01. The molecule has 0 spiro atoms. The minimum absolute atomic E-state index is 0.0868. The molecule has 0 aromatic carbocycles. The van der Waals surface area contributed by atoms with Crippen molar-refractivity contribution in [1.82, 2.24) is 33.8 Å². The highest BCUT2D eigenvalue weighted by atomic mass is 16.2. The number of hydrogen-bond donors (Lipinski definition) is 0. The van der Waals surface area contributed by atoms with Crippen LogP contribution in [0.25, 0.3) is 16.7 Å². The lowest BCUT2D eigenvalue weighted by molar-refractivity contribution is 0.0488. The molecule has 5 heterocycles. The van der Waals surface area contributed by atoms with Crippen LogP contribution >= 0.6 is 0 Å². The van der Waals surface area contributed by atoms with Gasteiger partial charge in [-0.25, -0.2) is 9.67 Å². The fraction of sp³-hybridized carbons (Fsp3) is 0.316. The molecule has 4 aromatic rings. The first-order valence-electron chi connectivity index (χ1n) is 9.33. The van der Waals surface area contributed by atoms with Gasteiger partial charge in [-0.3, -0.25) is 14.0 Å². The Morgan fingerprint density at radius 3 is 2.86 bits per heavy atom. The molecule has 4 aromatic heterocycles. The van der Waals surface area contributed by atoms with E-state index in [2.05, 4.69) is 15.3 Å². The number of aryl methyl sites for hydroxylation is 1. The predicted octanol–water partition coefficient (Wildman–Crippen LogP) is 1.35. The highest BCUT2D eigenvalue weighted by molar-refractivity contribution is 5.98. The minimum Gasteiger partial charge on any atom is -0.333 e. The van der Waals surface area contributed by atoms with Crippen molar-refractivity contribution < 1.29 is 4.79 Å².